The van der Waals surface area contributed by atoms with E-state index in [1.165, 1.54) is 24.3 Å². The van der Waals surface area contributed by atoms with Crippen LogP contribution in [-0.4, -0.2) is 137 Å². The fraction of sp³-hybridized carbons (Fsp3) is 0.444. The number of rotatable bonds is 9. The molecule has 0 bridgehead atoms. The second-order valence-electron chi connectivity index (χ2n) is 9.86. The Labute approximate surface area is 243 Å². The molecule has 11 N–H and O–H groups in total. The van der Waals surface area contributed by atoms with E-state index in [-0.39, 0.29) is 5.75 Å². The molecule has 0 spiro atoms. The van der Waals surface area contributed by atoms with Crippen molar-refractivity contribution in [3.05, 3.63) is 47.5 Å². The van der Waals surface area contributed by atoms with Gasteiger partial charge in [0.2, 0.25) is 18.3 Å². The minimum atomic E-state index is -1.95. The molecule has 2 aliphatic rings. The molecule has 2 heterocycles. The number of benzene rings is 2. The first-order chi connectivity index (χ1) is 20.4. The summed E-state index contributed by atoms with van der Waals surface area (Å²) in [7, 11) is 0. The van der Waals surface area contributed by atoms with Gasteiger partial charge in [0, 0.05) is 0 Å². The molecule has 16 heteroatoms. The predicted octanol–water partition coefficient (Wildman–Crippen LogP) is -2.94. The van der Waals surface area contributed by atoms with Gasteiger partial charge >= 0.3 is 0 Å². The Kier molecular flexibility index (Phi) is 10.1. The Morgan fingerprint density at radius 2 is 1.28 bits per heavy atom. The van der Waals surface area contributed by atoms with Crippen molar-refractivity contribution < 1.29 is 79.9 Å². The SMILES string of the molecule is O=C(C=Cc1ccc(O)c(O)c1)c1ccc(OC2OC(CO)C(O)C(O)C2O)c(OC2OC(CO)C(O)C(O)C2O)c1O. The van der Waals surface area contributed by atoms with E-state index in [1.807, 2.05) is 0 Å². The van der Waals surface area contributed by atoms with Crippen molar-refractivity contribution in [2.75, 3.05) is 13.2 Å². The van der Waals surface area contributed by atoms with E-state index in [9.17, 15) is 61.0 Å². The van der Waals surface area contributed by atoms with Crippen LogP contribution in [0.1, 0.15) is 15.9 Å². The monoisotopic (exact) mass is 612 g/mol. The Hall–Kier alpha value is -3.55. The quantitative estimate of drug-likeness (QED) is 0.0767. The van der Waals surface area contributed by atoms with Crippen LogP contribution < -0.4 is 9.47 Å². The molecule has 0 aromatic heterocycles. The summed E-state index contributed by atoms with van der Waals surface area (Å²) in [6.07, 6.45) is -15.1. The van der Waals surface area contributed by atoms with Gasteiger partial charge in [-0.2, -0.15) is 0 Å². The summed E-state index contributed by atoms with van der Waals surface area (Å²) >= 11 is 0. The van der Waals surface area contributed by atoms with E-state index in [0.717, 1.165) is 18.2 Å². The molecule has 2 aromatic rings. The molecule has 0 amide bonds. The van der Waals surface area contributed by atoms with Crippen molar-refractivity contribution in [1.29, 1.82) is 0 Å². The third-order valence-electron chi connectivity index (χ3n) is 6.96. The molecule has 0 radical (unpaired) electrons. The maximum atomic E-state index is 13.0. The van der Waals surface area contributed by atoms with Crippen molar-refractivity contribution >= 4 is 11.9 Å². The zero-order valence-electron chi connectivity index (χ0n) is 22.2. The largest absolute Gasteiger partial charge is 0.504 e. The molecule has 10 unspecified atom stereocenters. The van der Waals surface area contributed by atoms with Gasteiger partial charge in [-0.1, -0.05) is 12.1 Å². The Morgan fingerprint density at radius 1 is 0.721 bits per heavy atom. The van der Waals surface area contributed by atoms with Crippen molar-refractivity contribution in [1.82, 2.24) is 0 Å². The summed E-state index contributed by atoms with van der Waals surface area (Å²) in [5, 5.41) is 110. The Bertz CT molecular complexity index is 1310. The minimum Gasteiger partial charge on any atom is -0.504 e. The van der Waals surface area contributed by atoms with E-state index in [1.54, 1.807) is 0 Å². The summed E-state index contributed by atoms with van der Waals surface area (Å²) in [5.74, 6) is -3.72. The van der Waals surface area contributed by atoms with Crippen LogP contribution in [0.5, 0.6) is 28.7 Å². The van der Waals surface area contributed by atoms with Crippen LogP contribution in [0.15, 0.2) is 36.4 Å². The zero-order chi connectivity index (χ0) is 31.6. The third-order valence-corrected chi connectivity index (χ3v) is 6.96. The summed E-state index contributed by atoms with van der Waals surface area (Å²) in [4.78, 5) is 13.0. The number of carbonyl (C=O) groups is 1. The summed E-state index contributed by atoms with van der Waals surface area (Å²) < 4.78 is 21.8. The number of phenols is 3. The number of hydrogen-bond donors (Lipinski definition) is 11. The van der Waals surface area contributed by atoms with Crippen LogP contribution in [-0.2, 0) is 9.47 Å². The molecule has 2 saturated heterocycles. The predicted molar refractivity (Wildman–Crippen MR) is 140 cm³/mol. The molecule has 16 nitrogen and oxygen atoms in total. The van der Waals surface area contributed by atoms with Gasteiger partial charge in [-0.3, -0.25) is 4.79 Å². The van der Waals surface area contributed by atoms with Crippen LogP contribution >= 0.6 is 0 Å². The van der Waals surface area contributed by atoms with Gasteiger partial charge in [0.15, 0.2) is 28.8 Å². The van der Waals surface area contributed by atoms with Crippen LogP contribution in [0.4, 0.5) is 0 Å². The number of hydrogen-bond acceptors (Lipinski definition) is 16. The van der Waals surface area contributed by atoms with Crippen LogP contribution in [0, 0.1) is 0 Å². The summed E-state index contributed by atoms with van der Waals surface area (Å²) in [6, 6.07) is 5.91. The highest BCUT2D eigenvalue weighted by molar-refractivity contribution is 6.09. The molecular weight excluding hydrogens is 580 g/mol. The van der Waals surface area contributed by atoms with E-state index in [0.29, 0.717) is 5.56 Å². The number of aliphatic hydroxyl groups is 8. The summed E-state index contributed by atoms with van der Waals surface area (Å²) in [5.41, 5.74) is -0.0940. The van der Waals surface area contributed by atoms with E-state index in [4.69, 9.17) is 18.9 Å². The van der Waals surface area contributed by atoms with Gasteiger partial charge < -0.3 is 75.1 Å². The number of ketones is 1. The van der Waals surface area contributed by atoms with E-state index < -0.39 is 109 Å². The van der Waals surface area contributed by atoms with Crippen molar-refractivity contribution in [2.24, 2.45) is 0 Å². The first-order valence-corrected chi connectivity index (χ1v) is 12.9. The van der Waals surface area contributed by atoms with Gasteiger partial charge in [0.25, 0.3) is 0 Å². The number of phenolic OH excluding ortho intramolecular Hbond substituents is 3. The van der Waals surface area contributed by atoms with Gasteiger partial charge in [0.05, 0.1) is 18.8 Å². The van der Waals surface area contributed by atoms with Crippen LogP contribution in [0.3, 0.4) is 0 Å². The average Bonchev–Trinajstić information content (AvgIpc) is 2.99. The number of allylic oxidation sites excluding steroid dienone is 1. The molecule has 4 rings (SSSR count). The zero-order valence-corrected chi connectivity index (χ0v) is 22.2. The number of aliphatic hydroxyl groups excluding tert-OH is 8. The Morgan fingerprint density at radius 3 is 1.81 bits per heavy atom. The van der Waals surface area contributed by atoms with E-state index in [2.05, 4.69) is 0 Å². The third kappa shape index (κ3) is 6.68. The fourth-order valence-corrected chi connectivity index (χ4v) is 4.43. The topological polar surface area (TPSA) is 277 Å². The van der Waals surface area contributed by atoms with Crippen LogP contribution in [0.2, 0.25) is 0 Å². The first-order valence-electron chi connectivity index (χ1n) is 12.9. The second kappa shape index (κ2) is 13.4. The smallest absolute Gasteiger partial charge is 0.229 e. The molecule has 2 aromatic carbocycles. The van der Waals surface area contributed by atoms with Gasteiger partial charge in [-0.15, -0.1) is 0 Å². The lowest BCUT2D eigenvalue weighted by atomic mass is 9.99. The molecule has 2 fully saturated rings. The van der Waals surface area contributed by atoms with E-state index >= 15 is 0 Å². The molecular formula is C27H32O16. The fourth-order valence-electron chi connectivity index (χ4n) is 4.43. The molecule has 236 valence electrons. The standard InChI is InChI=1S/C27H32O16/c28-8-16-19(34)21(36)23(38)26(41-16)40-15-6-3-11(12(30)4-1-10-2-5-13(31)14(32)7-10)18(33)25(15)43-27-24(39)22(37)20(35)17(9-29)42-27/h1-7,16-17,19-24,26-29,31-39H,8-9H2. The van der Waals surface area contributed by atoms with Gasteiger partial charge in [-0.05, 0) is 35.9 Å². The lowest BCUT2D eigenvalue weighted by molar-refractivity contribution is -0.282. The molecule has 10 atom stereocenters. The van der Waals surface area contributed by atoms with Crippen molar-refractivity contribution in [2.45, 2.75) is 61.4 Å². The Balaban J connectivity index is 1.69. The maximum Gasteiger partial charge on any atom is 0.229 e. The second-order valence-corrected chi connectivity index (χ2v) is 9.86. The molecule has 0 aliphatic carbocycles. The first kappa shape index (κ1) is 32.4. The van der Waals surface area contributed by atoms with Crippen molar-refractivity contribution in [3.63, 3.8) is 0 Å². The number of ether oxygens (including phenoxy) is 4. The molecule has 2 aliphatic heterocycles. The molecule has 0 saturated carbocycles. The lowest BCUT2D eigenvalue weighted by Gasteiger charge is -2.41. The minimum absolute atomic E-state index is 0.309. The average molecular weight is 613 g/mol. The highest BCUT2D eigenvalue weighted by atomic mass is 16.7. The number of aromatic hydroxyl groups is 3. The van der Waals surface area contributed by atoms with Gasteiger partial charge in [-0.25, -0.2) is 0 Å². The lowest BCUT2D eigenvalue weighted by Crippen LogP contribution is -2.60. The van der Waals surface area contributed by atoms with Gasteiger partial charge in [0.1, 0.15) is 48.8 Å². The summed E-state index contributed by atoms with van der Waals surface area (Å²) in [6.45, 7) is -1.58. The normalized spacial score (nSPS) is 32.9. The number of carbonyl (C=O) groups excluding carboxylic acids is 1. The maximum absolute atomic E-state index is 13.0. The van der Waals surface area contributed by atoms with Crippen LogP contribution in [0.25, 0.3) is 6.08 Å². The molecule has 43 heavy (non-hydrogen) atoms. The highest BCUT2D eigenvalue weighted by Gasteiger charge is 2.47. The van der Waals surface area contributed by atoms with Crippen molar-refractivity contribution in [3.8, 4) is 28.7 Å². The highest BCUT2D eigenvalue weighted by Crippen LogP contribution is 2.43.